The van der Waals surface area contributed by atoms with Gasteiger partial charge in [-0.05, 0) is 187 Å². The Morgan fingerprint density at radius 3 is 1.35 bits per heavy atom. The maximum absolute atomic E-state index is 10.8. The third-order valence-electron chi connectivity index (χ3n) is 5.73. The van der Waals surface area contributed by atoms with E-state index in [0.29, 0.717) is 23.7 Å². The van der Waals surface area contributed by atoms with Crippen LogP contribution in [0, 0.1) is 14.3 Å². The molecule has 0 amide bonds. The number of carboxylic acids is 1. The van der Waals surface area contributed by atoms with Gasteiger partial charge in [-0.15, -0.1) is 0 Å². The predicted molar refractivity (Wildman–Crippen MR) is 198 cm³/mol. The topological polar surface area (TPSA) is 168 Å². The van der Waals surface area contributed by atoms with Crippen LogP contribution in [-0.4, -0.2) is 45.1 Å². The Kier molecular flexibility index (Phi) is 14.3. The Balaban J connectivity index is 0.000000236. The van der Waals surface area contributed by atoms with Crippen LogP contribution in [0.1, 0.15) is 11.1 Å². The maximum atomic E-state index is 10.8. The summed E-state index contributed by atoms with van der Waals surface area (Å²) in [6.45, 7) is -0.0289. The van der Waals surface area contributed by atoms with Gasteiger partial charge in [0.05, 0.1) is 20.9 Å². The van der Waals surface area contributed by atoms with Crippen LogP contribution >= 0.6 is 90.4 Å². The van der Waals surface area contributed by atoms with Crippen molar-refractivity contribution in [3.63, 3.8) is 0 Å². The van der Waals surface area contributed by atoms with Crippen molar-refractivity contribution in [1.82, 2.24) is 0 Å². The number of rotatable bonds is 10. The number of aliphatic carboxylic acids is 1. The molecule has 0 unspecified atom stereocenters. The zero-order valence-electron chi connectivity index (χ0n) is 22.4. The van der Waals surface area contributed by atoms with Crippen molar-refractivity contribution >= 4 is 96.3 Å². The number of aromatic hydroxyl groups is 2. The van der Waals surface area contributed by atoms with Crippen LogP contribution in [0.25, 0.3) is 0 Å². The first-order valence-electron chi connectivity index (χ1n) is 12.6. The third-order valence-corrected chi connectivity index (χ3v) is 8.94. The van der Waals surface area contributed by atoms with Crippen molar-refractivity contribution in [2.24, 2.45) is 11.5 Å². The highest BCUT2D eigenvalue weighted by atomic mass is 127. The number of phenols is 2. The van der Waals surface area contributed by atoms with E-state index in [1.807, 2.05) is 24.3 Å². The van der Waals surface area contributed by atoms with Crippen LogP contribution in [0.5, 0.6) is 34.5 Å². The largest absolute Gasteiger partial charge is 0.508 e. The van der Waals surface area contributed by atoms with Crippen molar-refractivity contribution in [3.8, 4) is 34.5 Å². The highest BCUT2D eigenvalue weighted by Gasteiger charge is 2.16. The first-order valence-corrected chi connectivity index (χ1v) is 16.9. The van der Waals surface area contributed by atoms with E-state index < -0.39 is 12.0 Å². The zero-order chi connectivity index (χ0) is 31.7. The Hall–Kier alpha value is -1.65. The molecule has 228 valence electrons. The first-order chi connectivity index (χ1) is 20.4. The summed E-state index contributed by atoms with van der Waals surface area (Å²) >= 11 is 8.73. The lowest BCUT2D eigenvalue weighted by Gasteiger charge is -2.14. The highest BCUT2D eigenvalue weighted by Crippen LogP contribution is 2.35. The molecule has 0 aliphatic rings. The normalized spacial score (nSPS) is 12.1. The summed E-state index contributed by atoms with van der Waals surface area (Å²) in [6.07, 6.45) is 0.892. The molecule has 0 saturated heterocycles. The van der Waals surface area contributed by atoms with Crippen LogP contribution in [-0.2, 0) is 17.6 Å². The number of aliphatic hydroxyl groups is 1. The van der Waals surface area contributed by atoms with Crippen molar-refractivity contribution in [3.05, 3.63) is 98.2 Å². The van der Waals surface area contributed by atoms with E-state index in [2.05, 4.69) is 90.4 Å². The first kappa shape index (κ1) is 35.8. The van der Waals surface area contributed by atoms with Gasteiger partial charge in [0.25, 0.3) is 0 Å². The number of halogens is 4. The zero-order valence-corrected chi connectivity index (χ0v) is 31.0. The number of benzene rings is 4. The fraction of sp³-hybridized carbons (Fsp3) is 0.167. The molecule has 2 atom stereocenters. The number of hydrogen-bond donors (Lipinski definition) is 6. The molecular formula is C30H28I4N2O7. The van der Waals surface area contributed by atoms with Gasteiger partial charge in [-0.1, -0.05) is 0 Å². The van der Waals surface area contributed by atoms with E-state index >= 15 is 0 Å². The van der Waals surface area contributed by atoms with Gasteiger partial charge in [0.2, 0.25) is 0 Å². The molecule has 0 radical (unpaired) electrons. The molecule has 13 heteroatoms. The summed E-state index contributed by atoms with van der Waals surface area (Å²) in [5, 5.41) is 36.5. The minimum absolute atomic E-state index is 0.0289. The molecule has 0 heterocycles. The molecule has 9 nitrogen and oxygen atoms in total. The quantitative estimate of drug-likeness (QED) is 0.0960. The Morgan fingerprint density at radius 2 is 1.02 bits per heavy atom. The minimum atomic E-state index is -1.02. The van der Waals surface area contributed by atoms with E-state index in [9.17, 15) is 15.0 Å². The second kappa shape index (κ2) is 17.2. The molecule has 4 aromatic carbocycles. The summed E-state index contributed by atoms with van der Waals surface area (Å²) in [7, 11) is 0. The fourth-order valence-corrected chi connectivity index (χ4v) is 7.86. The van der Waals surface area contributed by atoms with Gasteiger partial charge in [0, 0.05) is 6.04 Å². The molecule has 8 N–H and O–H groups in total. The number of nitrogens with two attached hydrogens (primary N) is 2. The van der Waals surface area contributed by atoms with Crippen molar-refractivity contribution in [2.75, 3.05) is 6.61 Å². The average Bonchev–Trinajstić information content (AvgIpc) is 2.95. The number of carboxylic acid groups (broad SMARTS) is 1. The molecular weight excluding hydrogens is 1010 g/mol. The molecule has 0 aliphatic carbocycles. The van der Waals surface area contributed by atoms with Crippen LogP contribution in [0.4, 0.5) is 0 Å². The van der Waals surface area contributed by atoms with Gasteiger partial charge < -0.3 is 41.4 Å². The lowest BCUT2D eigenvalue weighted by atomic mass is 10.1. The molecule has 4 rings (SSSR count). The molecule has 0 bridgehead atoms. The highest BCUT2D eigenvalue weighted by molar-refractivity contribution is 14.1. The SMILES string of the molecule is N[C@@H](Cc1cc(I)c(Oc2ccc(O)cc2)c(I)c1)C(=O)O.N[C@H](CO)Cc1cc(I)c(Oc2ccc(O)cc2)c(I)c1. The maximum Gasteiger partial charge on any atom is 0.320 e. The van der Waals surface area contributed by atoms with E-state index in [4.69, 9.17) is 31.2 Å². The fourth-order valence-electron chi connectivity index (χ4n) is 3.63. The van der Waals surface area contributed by atoms with Gasteiger partial charge in [0.15, 0.2) is 11.5 Å². The standard InChI is InChI=1S/C15H13I2NO4.C15H15I2NO3/c16-11-5-8(7-13(18)15(20)21)6-12(17)14(11)22-10-3-1-9(19)2-4-10;16-13-6-9(5-10(18)8-19)7-14(17)15(13)21-12-3-1-11(20)2-4-12/h1-6,13,19H,7,18H2,(H,20,21);1-4,6-7,10,19-20H,5,8,18H2/t13-;10-/m00/s1. The van der Waals surface area contributed by atoms with Gasteiger partial charge in [-0.2, -0.15) is 0 Å². The summed E-state index contributed by atoms with van der Waals surface area (Å²) in [4.78, 5) is 10.8. The van der Waals surface area contributed by atoms with Crippen LogP contribution in [0.3, 0.4) is 0 Å². The van der Waals surface area contributed by atoms with E-state index in [1.54, 1.807) is 48.5 Å². The van der Waals surface area contributed by atoms with Gasteiger partial charge in [-0.3, -0.25) is 4.79 Å². The van der Waals surface area contributed by atoms with Crippen molar-refractivity contribution in [2.45, 2.75) is 24.9 Å². The Bertz CT molecular complexity index is 1490. The number of phenolic OH excluding ortho intramolecular Hbond substituents is 2. The summed E-state index contributed by atoms with van der Waals surface area (Å²) < 4.78 is 15.4. The molecule has 0 fully saturated rings. The smallest absolute Gasteiger partial charge is 0.320 e. The summed E-state index contributed by atoms with van der Waals surface area (Å²) in [6, 6.07) is 19.6. The van der Waals surface area contributed by atoms with Gasteiger partial charge >= 0.3 is 5.97 Å². The molecule has 43 heavy (non-hydrogen) atoms. The number of hydrogen-bond acceptors (Lipinski definition) is 8. The summed E-state index contributed by atoms with van der Waals surface area (Å²) in [5.41, 5.74) is 13.3. The molecule has 0 aromatic heterocycles. The van der Waals surface area contributed by atoms with E-state index in [-0.39, 0.29) is 30.6 Å². The van der Waals surface area contributed by atoms with Crippen LogP contribution < -0.4 is 20.9 Å². The van der Waals surface area contributed by atoms with Gasteiger partial charge in [-0.25, -0.2) is 0 Å². The number of carbonyl (C=O) groups is 1. The van der Waals surface area contributed by atoms with E-state index in [1.165, 1.54) is 0 Å². The van der Waals surface area contributed by atoms with E-state index in [0.717, 1.165) is 31.2 Å². The monoisotopic (exact) mass is 1040 g/mol. The number of aliphatic hydroxyl groups excluding tert-OH is 1. The molecule has 4 aromatic rings. The summed E-state index contributed by atoms with van der Waals surface area (Å²) in [5.74, 6) is 2.12. The van der Waals surface area contributed by atoms with Gasteiger partial charge in [0.1, 0.15) is 29.0 Å². The Labute approximate surface area is 303 Å². The lowest BCUT2D eigenvalue weighted by Crippen LogP contribution is -2.32. The van der Waals surface area contributed by atoms with Crippen LogP contribution in [0.2, 0.25) is 0 Å². The molecule has 0 aliphatic heterocycles. The Morgan fingerprint density at radius 1 is 0.674 bits per heavy atom. The van der Waals surface area contributed by atoms with Crippen molar-refractivity contribution < 1.29 is 34.7 Å². The predicted octanol–water partition coefficient (Wildman–Crippen LogP) is 6.60. The second-order valence-corrected chi connectivity index (χ2v) is 13.9. The second-order valence-electron chi connectivity index (χ2n) is 9.26. The lowest BCUT2D eigenvalue weighted by molar-refractivity contribution is -0.138. The third kappa shape index (κ3) is 11.3. The van der Waals surface area contributed by atoms with Crippen LogP contribution in [0.15, 0.2) is 72.8 Å². The average molecular weight is 1040 g/mol. The molecule has 0 spiro atoms. The van der Waals surface area contributed by atoms with Crippen molar-refractivity contribution in [1.29, 1.82) is 0 Å². The molecule has 0 saturated carbocycles. The number of ether oxygens (including phenoxy) is 2. The minimum Gasteiger partial charge on any atom is -0.508 e.